The van der Waals surface area contributed by atoms with Crippen LogP contribution in [0.1, 0.15) is 39.5 Å². The number of piperidine rings is 1. The van der Waals surface area contributed by atoms with Crippen molar-refractivity contribution in [2.24, 2.45) is 5.41 Å². The normalized spacial score (nSPS) is 20.9. The fourth-order valence-corrected chi connectivity index (χ4v) is 4.73. The van der Waals surface area contributed by atoms with Gasteiger partial charge in [-0.05, 0) is 31.1 Å². The molecule has 26 heavy (non-hydrogen) atoms. The van der Waals surface area contributed by atoms with Gasteiger partial charge >= 0.3 is 0 Å². The summed E-state index contributed by atoms with van der Waals surface area (Å²) in [4.78, 5) is 2.02. The summed E-state index contributed by atoms with van der Waals surface area (Å²) >= 11 is 0. The molecule has 0 aromatic carbocycles. The lowest BCUT2D eigenvalue weighted by atomic mass is 9.72. The maximum atomic E-state index is 11.9. The fraction of sp³-hybridized carbons (Fsp3) is 0.611. The highest BCUT2D eigenvalue weighted by atomic mass is 32.2. The van der Waals surface area contributed by atoms with Crippen molar-refractivity contribution in [2.45, 2.75) is 44.8 Å². The molecule has 7 nitrogen and oxygen atoms in total. The number of hydrogen-bond acceptors (Lipinski definition) is 7. The van der Waals surface area contributed by atoms with Crippen LogP contribution in [0.5, 0.6) is 0 Å². The molecule has 0 aromatic heterocycles. The maximum absolute atomic E-state index is 11.9. The lowest BCUT2D eigenvalue weighted by molar-refractivity contribution is 0.228. The third-order valence-corrected chi connectivity index (χ3v) is 6.75. The van der Waals surface area contributed by atoms with Gasteiger partial charge in [-0.2, -0.15) is 24.2 Å². The fourth-order valence-electron chi connectivity index (χ4n) is 3.67. The van der Waals surface area contributed by atoms with Crippen LogP contribution in [0, 0.1) is 39.4 Å². The van der Waals surface area contributed by atoms with Gasteiger partial charge in [-0.3, -0.25) is 4.18 Å². The second kappa shape index (κ2) is 7.50. The van der Waals surface area contributed by atoms with E-state index in [0.29, 0.717) is 49.9 Å². The predicted octanol–water partition coefficient (Wildman–Crippen LogP) is 2.37. The Hall–Kier alpha value is -2.34. The maximum Gasteiger partial charge on any atom is 0.270 e. The van der Waals surface area contributed by atoms with Crippen LogP contribution in [0.3, 0.4) is 0 Å². The zero-order valence-electron chi connectivity index (χ0n) is 15.2. The molecule has 0 spiro atoms. The summed E-state index contributed by atoms with van der Waals surface area (Å²) in [5, 5.41) is 27.6. The Kier molecular flexibility index (Phi) is 5.76. The van der Waals surface area contributed by atoms with E-state index in [-0.39, 0.29) is 11.0 Å². The van der Waals surface area contributed by atoms with E-state index in [2.05, 4.69) is 10.3 Å². The zero-order valence-corrected chi connectivity index (χ0v) is 16.1. The van der Waals surface area contributed by atoms with Gasteiger partial charge in [-0.25, -0.2) is 0 Å². The van der Waals surface area contributed by atoms with Crippen LogP contribution >= 0.6 is 0 Å². The number of allylic oxidation sites excluding steroid dienone is 4. The molecule has 1 saturated heterocycles. The van der Waals surface area contributed by atoms with E-state index in [1.807, 2.05) is 30.9 Å². The number of likely N-dealkylation sites (tertiary alicyclic amines) is 1. The van der Waals surface area contributed by atoms with Gasteiger partial charge in [0, 0.05) is 24.4 Å². The monoisotopic (exact) mass is 374 g/mol. The molecule has 0 bridgehead atoms. The largest absolute Gasteiger partial charge is 0.374 e. The van der Waals surface area contributed by atoms with E-state index in [9.17, 15) is 24.2 Å². The summed E-state index contributed by atoms with van der Waals surface area (Å²) in [7, 11) is -2.38. The summed E-state index contributed by atoms with van der Waals surface area (Å²) in [5.74, 6) is 0. The van der Waals surface area contributed by atoms with Crippen molar-refractivity contribution >= 4 is 10.1 Å². The second-order valence-electron chi connectivity index (χ2n) is 7.37. The third-order valence-electron chi connectivity index (χ3n) is 4.99. The van der Waals surface area contributed by atoms with Crippen molar-refractivity contribution in [1.29, 1.82) is 15.8 Å². The Bertz CT molecular complexity index is 855. The minimum atomic E-state index is -3.55. The number of nitriles is 3. The van der Waals surface area contributed by atoms with Gasteiger partial charge in [0.05, 0.1) is 17.9 Å². The van der Waals surface area contributed by atoms with Crippen molar-refractivity contribution in [1.82, 2.24) is 4.90 Å². The van der Waals surface area contributed by atoms with Gasteiger partial charge in [0.15, 0.2) is 0 Å². The topological polar surface area (TPSA) is 118 Å². The van der Waals surface area contributed by atoms with E-state index >= 15 is 0 Å². The van der Waals surface area contributed by atoms with E-state index in [0.717, 1.165) is 5.70 Å². The second-order valence-corrected chi connectivity index (χ2v) is 9.36. The Balaban J connectivity index is 2.41. The molecule has 0 unspecified atom stereocenters. The Morgan fingerprint density at radius 1 is 1.15 bits per heavy atom. The molecule has 1 aliphatic heterocycles. The summed E-state index contributed by atoms with van der Waals surface area (Å²) < 4.78 is 28.4. The van der Waals surface area contributed by atoms with Crippen molar-refractivity contribution in [3.05, 3.63) is 22.4 Å². The van der Waals surface area contributed by atoms with Crippen molar-refractivity contribution in [2.75, 3.05) is 20.2 Å². The van der Waals surface area contributed by atoms with Gasteiger partial charge in [0.25, 0.3) is 10.1 Å². The molecule has 1 aliphatic carbocycles. The molecule has 1 fully saturated rings. The molecular formula is C18H22N4O3S. The quantitative estimate of drug-likeness (QED) is 0.549. The molecule has 0 amide bonds. The molecule has 1 heterocycles. The molecule has 0 atom stereocenters. The van der Waals surface area contributed by atoms with Crippen molar-refractivity contribution in [3.8, 4) is 18.2 Å². The average molecular weight is 374 g/mol. The first-order valence-corrected chi connectivity index (χ1v) is 9.87. The number of rotatable bonds is 3. The predicted molar refractivity (Wildman–Crippen MR) is 94.4 cm³/mol. The molecule has 2 aliphatic rings. The molecule has 0 aromatic rings. The van der Waals surface area contributed by atoms with Gasteiger partial charge < -0.3 is 4.90 Å². The van der Waals surface area contributed by atoms with Gasteiger partial charge in [-0.15, -0.1) is 0 Å². The van der Waals surface area contributed by atoms with Crippen LogP contribution in [0.2, 0.25) is 0 Å². The summed E-state index contributed by atoms with van der Waals surface area (Å²) in [6, 6.07) is 5.98. The summed E-state index contributed by atoms with van der Waals surface area (Å²) in [6.45, 7) is 5.06. The minimum absolute atomic E-state index is 0.0244. The Morgan fingerprint density at radius 3 is 2.19 bits per heavy atom. The lowest BCUT2D eigenvalue weighted by Crippen LogP contribution is -2.41. The Morgan fingerprint density at radius 2 is 1.73 bits per heavy atom. The van der Waals surface area contributed by atoms with Crippen LogP contribution in [-0.2, 0) is 14.3 Å². The zero-order chi connectivity index (χ0) is 19.5. The summed E-state index contributed by atoms with van der Waals surface area (Å²) in [6.07, 6.45) is 1.97. The van der Waals surface area contributed by atoms with Crippen LogP contribution in [0.25, 0.3) is 0 Å². The van der Waals surface area contributed by atoms with Crippen molar-refractivity contribution in [3.63, 3.8) is 0 Å². The Labute approximate surface area is 154 Å². The smallest absolute Gasteiger partial charge is 0.270 e. The third kappa shape index (κ3) is 3.90. The van der Waals surface area contributed by atoms with Crippen LogP contribution in [0.4, 0.5) is 0 Å². The molecular weight excluding hydrogens is 352 g/mol. The average Bonchev–Trinajstić information content (AvgIpc) is 2.62. The SMILES string of the molecule is COS(=O)(=O)C1CCN(C2=C(C#N)C(=C(C#N)C#N)CC(C)(C)C2)CC1. The molecule has 138 valence electrons. The molecule has 8 heteroatoms. The summed E-state index contributed by atoms with van der Waals surface area (Å²) in [5.41, 5.74) is 1.46. The first-order chi connectivity index (χ1) is 12.2. The number of nitrogens with zero attached hydrogens (tertiary/aromatic N) is 4. The van der Waals surface area contributed by atoms with Gasteiger partial charge in [0.1, 0.15) is 23.8 Å². The molecule has 2 rings (SSSR count). The molecule has 0 N–H and O–H groups in total. The standard InChI is InChI=1S/C18H22N4O3S/c1-18(2)8-15(13(10-19)11-20)16(12-21)17(9-18)22-6-4-14(5-7-22)26(23,24)25-3/h14H,4-9H2,1-3H3. The number of hydrogen-bond donors (Lipinski definition) is 0. The first-order valence-electron chi connectivity index (χ1n) is 8.40. The highest BCUT2D eigenvalue weighted by molar-refractivity contribution is 7.87. The van der Waals surface area contributed by atoms with E-state index in [4.69, 9.17) is 0 Å². The molecule has 0 radical (unpaired) electrons. The van der Waals surface area contributed by atoms with E-state index in [1.165, 1.54) is 7.11 Å². The van der Waals surface area contributed by atoms with Gasteiger partial charge in [0.2, 0.25) is 0 Å². The minimum Gasteiger partial charge on any atom is -0.374 e. The van der Waals surface area contributed by atoms with Crippen molar-refractivity contribution < 1.29 is 12.6 Å². The van der Waals surface area contributed by atoms with Crippen LogP contribution in [0.15, 0.2) is 22.4 Å². The van der Waals surface area contributed by atoms with E-state index in [1.54, 1.807) is 0 Å². The first kappa shape index (κ1) is 20.0. The highest BCUT2D eigenvalue weighted by Crippen LogP contribution is 2.44. The van der Waals surface area contributed by atoms with Crippen LogP contribution in [-0.4, -0.2) is 38.8 Å². The van der Waals surface area contributed by atoms with E-state index < -0.39 is 15.4 Å². The molecule has 0 saturated carbocycles. The highest BCUT2D eigenvalue weighted by Gasteiger charge is 2.37. The van der Waals surface area contributed by atoms with Crippen LogP contribution < -0.4 is 0 Å². The van der Waals surface area contributed by atoms with Gasteiger partial charge in [-0.1, -0.05) is 13.8 Å². The lowest BCUT2D eigenvalue weighted by Gasteiger charge is -2.41.